The van der Waals surface area contributed by atoms with E-state index in [-0.39, 0.29) is 11.3 Å². The number of carbonyl (C=O) groups excluding carboxylic acids is 1. The highest BCUT2D eigenvalue weighted by Crippen LogP contribution is 2.34. The Hall–Kier alpha value is -1.80. The van der Waals surface area contributed by atoms with Gasteiger partial charge in [-0.25, -0.2) is 0 Å². The summed E-state index contributed by atoms with van der Waals surface area (Å²) in [5, 5.41) is 2.65. The van der Waals surface area contributed by atoms with Gasteiger partial charge in [0.25, 0.3) is 5.91 Å². The van der Waals surface area contributed by atoms with Crippen molar-refractivity contribution in [2.24, 2.45) is 0 Å². The van der Waals surface area contributed by atoms with E-state index in [0.29, 0.717) is 6.54 Å². The minimum atomic E-state index is -0.230. The summed E-state index contributed by atoms with van der Waals surface area (Å²) in [6.07, 6.45) is 0.887. The molecule has 0 aromatic heterocycles. The van der Waals surface area contributed by atoms with Gasteiger partial charge in [-0.2, -0.15) is 0 Å². The molecule has 0 saturated carbocycles. The second-order valence-corrected chi connectivity index (χ2v) is 6.03. The van der Waals surface area contributed by atoms with E-state index in [0.717, 1.165) is 28.7 Å². The molecule has 0 bridgehead atoms. The van der Waals surface area contributed by atoms with Crippen LogP contribution in [0.25, 0.3) is 0 Å². The van der Waals surface area contributed by atoms with Crippen LogP contribution in [-0.2, 0) is 6.42 Å². The number of benzene rings is 2. The Kier molecular flexibility index (Phi) is 3.73. The summed E-state index contributed by atoms with van der Waals surface area (Å²) in [7, 11) is 0. The molecule has 2 aromatic carbocycles. The van der Waals surface area contributed by atoms with Crippen molar-refractivity contribution in [2.45, 2.75) is 25.6 Å². The number of hydrogen-bond donors (Lipinski definition) is 1. The molecule has 1 aliphatic rings. The Morgan fingerprint density at radius 1 is 1.14 bits per heavy atom. The quantitative estimate of drug-likeness (QED) is 0.837. The second kappa shape index (κ2) is 5.53. The number of rotatable bonds is 2. The molecule has 1 amide bonds. The van der Waals surface area contributed by atoms with E-state index in [1.807, 2.05) is 24.3 Å². The summed E-state index contributed by atoms with van der Waals surface area (Å²) >= 11 is 6.70. The van der Waals surface area contributed by atoms with E-state index >= 15 is 0 Å². The minimum absolute atomic E-state index is 0.00322. The second-order valence-electron chi connectivity index (χ2n) is 5.59. The fraction of sp³-hybridized carbons (Fsp3) is 0.278. The normalized spacial score (nSPS) is 15.3. The van der Waals surface area contributed by atoms with Gasteiger partial charge in [0.1, 0.15) is 0 Å². The summed E-state index contributed by atoms with van der Waals surface area (Å²) in [4.78, 5) is 12.0. The van der Waals surface area contributed by atoms with E-state index in [4.69, 9.17) is 11.6 Å². The van der Waals surface area contributed by atoms with E-state index in [1.54, 1.807) is 0 Å². The lowest BCUT2D eigenvalue weighted by Gasteiger charge is -2.20. The number of halogens is 1. The maximum Gasteiger partial charge on any atom is 0.251 e. The summed E-state index contributed by atoms with van der Waals surface area (Å²) in [5.74, 6) is 0.00322. The molecule has 1 unspecified atom stereocenters. The fourth-order valence-electron chi connectivity index (χ4n) is 2.98. The predicted molar refractivity (Wildman–Crippen MR) is 86.1 cm³/mol. The maximum absolute atomic E-state index is 12.0. The van der Waals surface area contributed by atoms with Gasteiger partial charge < -0.3 is 5.32 Å². The van der Waals surface area contributed by atoms with Crippen LogP contribution in [0.5, 0.6) is 0 Å². The third kappa shape index (κ3) is 2.56. The molecule has 21 heavy (non-hydrogen) atoms. The lowest BCUT2D eigenvalue weighted by molar-refractivity contribution is 0.0946. The molecule has 2 nitrogen and oxygen atoms in total. The molecule has 1 heterocycles. The Morgan fingerprint density at radius 2 is 1.86 bits per heavy atom. The van der Waals surface area contributed by atoms with E-state index in [1.165, 1.54) is 11.1 Å². The first-order chi connectivity index (χ1) is 10.1. The van der Waals surface area contributed by atoms with Crippen LogP contribution in [0.2, 0.25) is 0 Å². The molecule has 1 atom stereocenters. The Balaban J connectivity index is 2.05. The molecule has 2 aromatic rings. The Labute approximate surface area is 130 Å². The average Bonchev–Trinajstić information content (AvgIpc) is 2.47. The van der Waals surface area contributed by atoms with Gasteiger partial charge in [-0.05, 0) is 54.2 Å². The smallest absolute Gasteiger partial charge is 0.251 e. The summed E-state index contributed by atoms with van der Waals surface area (Å²) < 4.78 is 0. The number of fused-ring (bicyclic) bond motifs is 1. The van der Waals surface area contributed by atoms with Gasteiger partial charge in [0.05, 0.1) is 5.38 Å². The van der Waals surface area contributed by atoms with E-state index in [9.17, 15) is 4.79 Å². The topological polar surface area (TPSA) is 29.1 Å². The molecule has 0 fully saturated rings. The first-order valence-corrected chi connectivity index (χ1v) is 7.63. The Bertz CT molecular complexity index is 688. The van der Waals surface area contributed by atoms with Gasteiger partial charge in [0, 0.05) is 12.1 Å². The van der Waals surface area contributed by atoms with E-state index < -0.39 is 0 Å². The highest BCUT2D eigenvalue weighted by molar-refractivity contribution is 6.23. The zero-order chi connectivity index (χ0) is 15.0. The summed E-state index contributed by atoms with van der Waals surface area (Å²) in [5.41, 5.74) is 6.33. The van der Waals surface area contributed by atoms with Gasteiger partial charge in [0.15, 0.2) is 0 Å². The third-order valence-electron chi connectivity index (χ3n) is 4.15. The average molecular weight is 300 g/mol. The van der Waals surface area contributed by atoms with Crippen LogP contribution in [0.1, 0.15) is 43.6 Å². The first-order valence-electron chi connectivity index (χ1n) is 7.19. The SMILES string of the molecule is Cc1cccc(C)c1C(Cl)c1ccc2c(c1)C(=O)NCC2. The highest BCUT2D eigenvalue weighted by atomic mass is 35.5. The number of amides is 1. The molecule has 1 aliphatic heterocycles. The number of hydrogen-bond acceptors (Lipinski definition) is 1. The first kappa shape index (κ1) is 14.2. The van der Waals surface area contributed by atoms with Crippen molar-refractivity contribution in [3.05, 3.63) is 69.8 Å². The van der Waals surface area contributed by atoms with Gasteiger partial charge in [-0.15, -0.1) is 11.6 Å². The lowest BCUT2D eigenvalue weighted by Crippen LogP contribution is -2.31. The van der Waals surface area contributed by atoms with Crippen molar-refractivity contribution in [1.82, 2.24) is 5.32 Å². The number of alkyl halides is 1. The third-order valence-corrected chi connectivity index (χ3v) is 4.62. The van der Waals surface area contributed by atoms with E-state index in [2.05, 4.69) is 31.3 Å². The zero-order valence-electron chi connectivity index (χ0n) is 12.2. The van der Waals surface area contributed by atoms with Gasteiger partial charge in [-0.1, -0.05) is 30.3 Å². The lowest BCUT2D eigenvalue weighted by atomic mass is 9.92. The monoisotopic (exact) mass is 299 g/mol. The molecule has 0 radical (unpaired) electrons. The molecular weight excluding hydrogens is 282 g/mol. The number of nitrogens with one attached hydrogen (secondary N) is 1. The van der Waals surface area contributed by atoms with Crippen molar-refractivity contribution in [3.63, 3.8) is 0 Å². The Morgan fingerprint density at radius 3 is 2.57 bits per heavy atom. The van der Waals surface area contributed by atoms with Gasteiger partial charge in [-0.3, -0.25) is 4.79 Å². The maximum atomic E-state index is 12.0. The van der Waals surface area contributed by atoms with Crippen molar-refractivity contribution >= 4 is 17.5 Å². The van der Waals surface area contributed by atoms with Crippen LogP contribution in [0, 0.1) is 13.8 Å². The van der Waals surface area contributed by atoms with Crippen LogP contribution in [0.15, 0.2) is 36.4 Å². The molecule has 1 N–H and O–H groups in total. The molecule has 3 heteroatoms. The van der Waals surface area contributed by atoms with Crippen molar-refractivity contribution < 1.29 is 4.79 Å². The number of carbonyl (C=O) groups is 1. The van der Waals surface area contributed by atoms with Crippen molar-refractivity contribution in [3.8, 4) is 0 Å². The number of aryl methyl sites for hydroxylation is 2. The standard InChI is InChI=1S/C18H18ClNO/c1-11-4-3-5-12(2)16(11)17(19)14-7-6-13-8-9-20-18(21)15(13)10-14/h3-7,10,17H,8-9H2,1-2H3,(H,20,21). The minimum Gasteiger partial charge on any atom is -0.352 e. The van der Waals surface area contributed by atoms with Crippen LogP contribution >= 0.6 is 11.6 Å². The molecule has 108 valence electrons. The van der Waals surface area contributed by atoms with Crippen LogP contribution in [-0.4, -0.2) is 12.5 Å². The molecule has 0 saturated heterocycles. The highest BCUT2D eigenvalue weighted by Gasteiger charge is 2.21. The zero-order valence-corrected chi connectivity index (χ0v) is 13.0. The molecular formula is C18H18ClNO. The van der Waals surface area contributed by atoms with Crippen LogP contribution in [0.3, 0.4) is 0 Å². The molecule has 0 spiro atoms. The van der Waals surface area contributed by atoms with Gasteiger partial charge >= 0.3 is 0 Å². The summed E-state index contributed by atoms with van der Waals surface area (Å²) in [6, 6.07) is 12.2. The van der Waals surface area contributed by atoms with Crippen LogP contribution in [0.4, 0.5) is 0 Å². The molecule has 0 aliphatic carbocycles. The molecule has 3 rings (SSSR count). The largest absolute Gasteiger partial charge is 0.352 e. The van der Waals surface area contributed by atoms with Gasteiger partial charge in [0.2, 0.25) is 0 Å². The van der Waals surface area contributed by atoms with Crippen molar-refractivity contribution in [2.75, 3.05) is 6.54 Å². The van der Waals surface area contributed by atoms with Crippen molar-refractivity contribution in [1.29, 1.82) is 0 Å². The van der Waals surface area contributed by atoms with Crippen LogP contribution < -0.4 is 5.32 Å². The fourth-order valence-corrected chi connectivity index (χ4v) is 3.46. The summed E-state index contributed by atoms with van der Waals surface area (Å²) in [6.45, 7) is 4.86. The predicted octanol–water partition coefficient (Wildman–Crippen LogP) is 3.92.